The Bertz CT molecular complexity index is 1630. The monoisotopic (exact) mass is 586 g/mol. The molecule has 0 saturated carbocycles. The molecule has 1 N–H and O–H groups in total. The molecule has 1 amide bonds. The summed E-state index contributed by atoms with van der Waals surface area (Å²) < 4.78 is 46.6. The number of aryl methyl sites for hydroxylation is 2. The number of benzene rings is 2. The highest BCUT2D eigenvalue weighted by Gasteiger charge is 2.32. The molecule has 7 nitrogen and oxygen atoms in total. The minimum atomic E-state index is -4.54. The molecular formula is C28H25F3N4O3S2. The van der Waals surface area contributed by atoms with Crippen molar-refractivity contribution in [3.8, 4) is 11.4 Å². The van der Waals surface area contributed by atoms with Crippen LogP contribution in [0.3, 0.4) is 0 Å². The van der Waals surface area contributed by atoms with Crippen LogP contribution >= 0.6 is 23.1 Å². The predicted molar refractivity (Wildman–Crippen MR) is 151 cm³/mol. The number of nitrogens with one attached hydrogen (secondary N) is 1. The lowest BCUT2D eigenvalue weighted by Gasteiger charge is -2.14. The van der Waals surface area contributed by atoms with Crippen molar-refractivity contribution in [3.63, 3.8) is 0 Å². The average molecular weight is 587 g/mol. The number of carbonyl (C=O) groups is 1. The summed E-state index contributed by atoms with van der Waals surface area (Å²) in [6.45, 7) is 2.39. The predicted octanol–water partition coefficient (Wildman–Crippen LogP) is 5.99. The molecule has 4 aromatic rings. The largest absolute Gasteiger partial charge is 0.494 e. The van der Waals surface area contributed by atoms with Crippen molar-refractivity contribution in [2.45, 2.75) is 43.9 Å². The maximum absolute atomic E-state index is 13.8. The first-order valence-corrected chi connectivity index (χ1v) is 14.5. The number of amides is 1. The van der Waals surface area contributed by atoms with Crippen LogP contribution in [0.2, 0.25) is 0 Å². The first kappa shape index (κ1) is 27.9. The van der Waals surface area contributed by atoms with Crippen LogP contribution in [0.15, 0.2) is 63.6 Å². The molecule has 2 aromatic heterocycles. The van der Waals surface area contributed by atoms with Gasteiger partial charge in [0.25, 0.3) is 11.5 Å². The Balaban J connectivity index is 1.41. The van der Waals surface area contributed by atoms with E-state index in [2.05, 4.69) is 10.5 Å². The van der Waals surface area contributed by atoms with Gasteiger partial charge in [0, 0.05) is 10.4 Å². The third-order valence-corrected chi connectivity index (χ3v) is 8.48. The van der Waals surface area contributed by atoms with E-state index in [-0.39, 0.29) is 16.9 Å². The summed E-state index contributed by atoms with van der Waals surface area (Å²) in [6.07, 6.45) is 0.258. The molecule has 0 radical (unpaired) electrons. The minimum absolute atomic E-state index is 0.154. The standard InChI is InChI=1S/C28H25F3N4O3S2/c1-2-38-19-13-11-18(12-14-19)35-26(37)24-20-8-4-6-10-22(20)40-25(24)33-27(35)39-16-23(36)34-32-15-17-7-3-5-9-21(17)28(29,30)31/h3,5,7,9,11-15H,2,4,6,8,10,16H2,1H3,(H,34,36). The molecule has 0 unspecified atom stereocenters. The van der Waals surface area contributed by atoms with Gasteiger partial charge in [-0.05, 0) is 68.5 Å². The second-order valence-corrected chi connectivity index (χ2v) is 11.0. The van der Waals surface area contributed by atoms with Crippen LogP contribution in [0, 0.1) is 0 Å². The Hall–Kier alpha value is -3.64. The van der Waals surface area contributed by atoms with Crippen LogP contribution in [0.25, 0.3) is 15.9 Å². The summed E-state index contributed by atoms with van der Waals surface area (Å²) in [4.78, 5) is 33.0. The zero-order valence-corrected chi connectivity index (χ0v) is 23.1. The first-order valence-electron chi connectivity index (χ1n) is 12.7. The van der Waals surface area contributed by atoms with E-state index in [4.69, 9.17) is 9.72 Å². The van der Waals surface area contributed by atoms with Gasteiger partial charge in [0.05, 0.1) is 35.2 Å². The number of aromatic nitrogens is 2. The second kappa shape index (κ2) is 11.8. The Kier molecular flexibility index (Phi) is 8.27. The van der Waals surface area contributed by atoms with Crippen molar-refractivity contribution in [1.82, 2.24) is 15.0 Å². The van der Waals surface area contributed by atoms with Crippen molar-refractivity contribution in [3.05, 3.63) is 80.5 Å². The molecule has 5 rings (SSSR count). The Labute approximate surface area is 236 Å². The molecule has 0 saturated heterocycles. The lowest BCUT2D eigenvalue weighted by atomic mass is 9.97. The summed E-state index contributed by atoms with van der Waals surface area (Å²) in [5.74, 6) is -0.0400. The highest BCUT2D eigenvalue weighted by Crippen LogP contribution is 2.35. The van der Waals surface area contributed by atoms with Crippen molar-refractivity contribution in [2.24, 2.45) is 5.10 Å². The number of rotatable bonds is 8. The second-order valence-electron chi connectivity index (χ2n) is 9.02. The molecule has 0 spiro atoms. The molecule has 40 heavy (non-hydrogen) atoms. The molecular weight excluding hydrogens is 561 g/mol. The highest BCUT2D eigenvalue weighted by molar-refractivity contribution is 7.99. The van der Waals surface area contributed by atoms with Gasteiger partial charge in [-0.1, -0.05) is 30.0 Å². The van der Waals surface area contributed by atoms with E-state index < -0.39 is 17.6 Å². The third kappa shape index (κ3) is 5.92. The van der Waals surface area contributed by atoms with Crippen LogP contribution < -0.4 is 15.7 Å². The smallest absolute Gasteiger partial charge is 0.417 e. The van der Waals surface area contributed by atoms with Gasteiger partial charge in [0.15, 0.2) is 5.16 Å². The van der Waals surface area contributed by atoms with Gasteiger partial charge < -0.3 is 4.74 Å². The SMILES string of the molecule is CCOc1ccc(-n2c(SCC(=O)NN=Cc3ccccc3C(F)(F)F)nc3sc4c(c3c2=O)CCCC4)cc1. The van der Waals surface area contributed by atoms with E-state index in [0.29, 0.717) is 33.4 Å². The van der Waals surface area contributed by atoms with Gasteiger partial charge in [0.2, 0.25) is 0 Å². The van der Waals surface area contributed by atoms with E-state index in [0.717, 1.165) is 55.3 Å². The number of fused-ring (bicyclic) bond motifs is 3. The number of thiophene rings is 1. The van der Waals surface area contributed by atoms with E-state index >= 15 is 0 Å². The maximum atomic E-state index is 13.8. The van der Waals surface area contributed by atoms with Gasteiger partial charge in [-0.3, -0.25) is 14.2 Å². The van der Waals surface area contributed by atoms with Crippen molar-refractivity contribution in [2.75, 3.05) is 12.4 Å². The Morgan fingerprint density at radius 2 is 1.93 bits per heavy atom. The number of carbonyl (C=O) groups excluding carboxylic acids is 1. The van der Waals surface area contributed by atoms with Crippen molar-refractivity contribution < 1.29 is 22.7 Å². The highest BCUT2D eigenvalue weighted by atomic mass is 32.2. The van der Waals surface area contributed by atoms with E-state index in [1.165, 1.54) is 39.0 Å². The fourth-order valence-corrected chi connectivity index (χ4v) is 6.68. The molecule has 0 fully saturated rings. The molecule has 1 aliphatic rings. The summed E-state index contributed by atoms with van der Waals surface area (Å²) >= 11 is 2.57. The number of hydrogen-bond donors (Lipinski definition) is 1. The van der Waals surface area contributed by atoms with E-state index in [1.807, 2.05) is 6.92 Å². The van der Waals surface area contributed by atoms with E-state index in [9.17, 15) is 22.8 Å². The summed E-state index contributed by atoms with van der Waals surface area (Å²) in [7, 11) is 0. The normalized spacial score (nSPS) is 13.5. The molecule has 1 aliphatic carbocycles. The number of halogens is 3. The number of thioether (sulfide) groups is 1. The lowest BCUT2D eigenvalue weighted by molar-refractivity contribution is -0.137. The van der Waals surface area contributed by atoms with Crippen LogP contribution in [-0.4, -0.2) is 34.0 Å². The van der Waals surface area contributed by atoms with Crippen LogP contribution in [0.1, 0.15) is 41.3 Å². The van der Waals surface area contributed by atoms with Crippen molar-refractivity contribution in [1.29, 1.82) is 0 Å². The number of hydrogen-bond acceptors (Lipinski definition) is 7. The molecule has 2 aromatic carbocycles. The maximum Gasteiger partial charge on any atom is 0.417 e. The van der Waals surface area contributed by atoms with Crippen LogP contribution in [0.5, 0.6) is 5.75 Å². The molecule has 12 heteroatoms. The fraction of sp³-hybridized carbons (Fsp3) is 0.286. The molecule has 0 atom stereocenters. The summed E-state index contributed by atoms with van der Waals surface area (Å²) in [6, 6.07) is 12.0. The number of nitrogens with zero attached hydrogens (tertiary/aromatic N) is 3. The first-order chi connectivity index (χ1) is 19.3. The fourth-order valence-electron chi connectivity index (χ4n) is 4.57. The van der Waals surface area contributed by atoms with Crippen LogP contribution in [-0.2, 0) is 23.8 Å². The molecule has 2 heterocycles. The van der Waals surface area contributed by atoms with E-state index in [1.54, 1.807) is 24.3 Å². The number of hydrazone groups is 1. The minimum Gasteiger partial charge on any atom is -0.494 e. The third-order valence-electron chi connectivity index (χ3n) is 6.36. The zero-order valence-electron chi connectivity index (χ0n) is 21.5. The number of ether oxygens (including phenoxy) is 1. The Morgan fingerprint density at radius 3 is 2.67 bits per heavy atom. The summed E-state index contributed by atoms with van der Waals surface area (Å²) in [5.41, 5.74) is 2.70. The van der Waals surface area contributed by atoms with Gasteiger partial charge in [-0.2, -0.15) is 18.3 Å². The van der Waals surface area contributed by atoms with Gasteiger partial charge in [0.1, 0.15) is 10.6 Å². The Morgan fingerprint density at radius 1 is 1.18 bits per heavy atom. The zero-order chi connectivity index (χ0) is 28.3. The quantitative estimate of drug-likeness (QED) is 0.119. The number of alkyl halides is 3. The molecule has 0 bridgehead atoms. The van der Waals surface area contributed by atoms with Gasteiger partial charge >= 0.3 is 6.18 Å². The average Bonchev–Trinajstić information content (AvgIpc) is 3.31. The lowest BCUT2D eigenvalue weighted by Crippen LogP contribution is -2.24. The molecule has 208 valence electrons. The summed E-state index contributed by atoms with van der Waals surface area (Å²) in [5, 5.41) is 4.66. The topological polar surface area (TPSA) is 85.6 Å². The van der Waals surface area contributed by atoms with Gasteiger partial charge in [-0.15, -0.1) is 11.3 Å². The molecule has 0 aliphatic heterocycles. The van der Waals surface area contributed by atoms with Crippen molar-refractivity contribution >= 4 is 45.4 Å². The van der Waals surface area contributed by atoms with Crippen LogP contribution in [0.4, 0.5) is 13.2 Å². The van der Waals surface area contributed by atoms with Gasteiger partial charge in [-0.25, -0.2) is 10.4 Å².